The van der Waals surface area contributed by atoms with Crippen LogP contribution in [0.4, 0.5) is 0 Å². The van der Waals surface area contributed by atoms with Crippen LogP contribution >= 0.6 is 0 Å². The van der Waals surface area contributed by atoms with E-state index in [4.69, 9.17) is 0 Å². The number of nitrogens with zero attached hydrogens (tertiary/aromatic N) is 1. The molecule has 0 radical (unpaired) electrons. The van der Waals surface area contributed by atoms with Crippen molar-refractivity contribution in [3.63, 3.8) is 0 Å². The first-order valence-electron chi connectivity index (χ1n) is 6.11. The number of aromatic nitrogens is 1. The minimum absolute atomic E-state index is 0.0207. The third kappa shape index (κ3) is 5.45. The Hall–Kier alpha value is -1.42. The van der Waals surface area contributed by atoms with Gasteiger partial charge in [-0.1, -0.05) is 13.8 Å². The Morgan fingerprint density at radius 3 is 2.76 bits per heavy atom. The number of carbonyl (C=O) groups excluding carboxylic acids is 1. The van der Waals surface area contributed by atoms with Crippen LogP contribution < -0.4 is 10.6 Å². The van der Waals surface area contributed by atoms with Gasteiger partial charge >= 0.3 is 0 Å². The van der Waals surface area contributed by atoms with Gasteiger partial charge in [-0.05, 0) is 30.7 Å². The first-order chi connectivity index (χ1) is 8.24. The average Bonchev–Trinajstić information content (AvgIpc) is 2.37. The molecule has 1 unspecified atom stereocenters. The minimum atomic E-state index is 0.0207. The first-order valence-corrected chi connectivity index (χ1v) is 6.11. The van der Waals surface area contributed by atoms with Gasteiger partial charge in [-0.15, -0.1) is 0 Å². The topological polar surface area (TPSA) is 54.0 Å². The van der Waals surface area contributed by atoms with Crippen LogP contribution in [0.1, 0.15) is 19.4 Å². The molecule has 0 saturated carbocycles. The highest BCUT2D eigenvalue weighted by atomic mass is 16.1. The Kier molecular flexibility index (Phi) is 6.25. The molecule has 0 spiro atoms. The number of hydrogen-bond donors (Lipinski definition) is 2. The standard InChI is InChI=1S/C13H21N3O/c1-3-14-10-11(2)13(17)16-9-6-12-4-7-15-8-5-12/h4-5,7-8,11,14H,3,6,9-10H2,1-2H3,(H,16,17). The summed E-state index contributed by atoms with van der Waals surface area (Å²) in [6.07, 6.45) is 4.39. The van der Waals surface area contributed by atoms with Gasteiger partial charge in [0.05, 0.1) is 0 Å². The largest absolute Gasteiger partial charge is 0.355 e. The number of pyridine rings is 1. The van der Waals surface area contributed by atoms with E-state index in [0.717, 1.165) is 19.5 Å². The Bertz CT molecular complexity index is 327. The summed E-state index contributed by atoms with van der Waals surface area (Å²) in [5, 5.41) is 6.11. The minimum Gasteiger partial charge on any atom is -0.355 e. The number of amides is 1. The summed E-state index contributed by atoms with van der Waals surface area (Å²) >= 11 is 0. The molecular weight excluding hydrogens is 214 g/mol. The molecule has 94 valence electrons. The van der Waals surface area contributed by atoms with Crippen LogP contribution in [0.2, 0.25) is 0 Å². The summed E-state index contributed by atoms with van der Waals surface area (Å²) in [6, 6.07) is 3.93. The van der Waals surface area contributed by atoms with E-state index in [1.54, 1.807) is 12.4 Å². The van der Waals surface area contributed by atoms with E-state index in [9.17, 15) is 4.79 Å². The molecule has 0 aliphatic heterocycles. The van der Waals surface area contributed by atoms with Crippen molar-refractivity contribution in [3.8, 4) is 0 Å². The lowest BCUT2D eigenvalue weighted by molar-refractivity contribution is -0.124. The van der Waals surface area contributed by atoms with Gasteiger partial charge in [-0.2, -0.15) is 0 Å². The summed E-state index contributed by atoms with van der Waals surface area (Å²) < 4.78 is 0. The molecule has 4 heteroatoms. The van der Waals surface area contributed by atoms with E-state index in [0.29, 0.717) is 6.54 Å². The Morgan fingerprint density at radius 2 is 2.12 bits per heavy atom. The van der Waals surface area contributed by atoms with Crippen LogP contribution in [0.3, 0.4) is 0 Å². The van der Waals surface area contributed by atoms with Crippen molar-refractivity contribution >= 4 is 5.91 Å². The molecule has 1 heterocycles. The van der Waals surface area contributed by atoms with Crippen LogP contribution in [0, 0.1) is 5.92 Å². The van der Waals surface area contributed by atoms with E-state index in [1.807, 2.05) is 26.0 Å². The number of hydrogen-bond acceptors (Lipinski definition) is 3. The average molecular weight is 235 g/mol. The van der Waals surface area contributed by atoms with E-state index >= 15 is 0 Å². The molecule has 0 saturated heterocycles. The molecule has 4 nitrogen and oxygen atoms in total. The predicted molar refractivity (Wildman–Crippen MR) is 68.7 cm³/mol. The fourth-order valence-electron chi connectivity index (χ4n) is 1.51. The Morgan fingerprint density at radius 1 is 1.41 bits per heavy atom. The molecule has 0 aromatic carbocycles. The van der Waals surface area contributed by atoms with Crippen molar-refractivity contribution in [2.45, 2.75) is 20.3 Å². The highest BCUT2D eigenvalue weighted by molar-refractivity contribution is 5.78. The van der Waals surface area contributed by atoms with Crippen LogP contribution in [-0.2, 0) is 11.2 Å². The zero-order valence-corrected chi connectivity index (χ0v) is 10.6. The smallest absolute Gasteiger partial charge is 0.224 e. The number of carbonyl (C=O) groups is 1. The maximum absolute atomic E-state index is 11.7. The third-order valence-corrected chi connectivity index (χ3v) is 2.61. The molecule has 1 amide bonds. The second-order valence-electron chi connectivity index (χ2n) is 4.11. The van der Waals surface area contributed by atoms with Crippen LogP contribution in [0.25, 0.3) is 0 Å². The van der Waals surface area contributed by atoms with E-state index in [-0.39, 0.29) is 11.8 Å². The Labute approximate surface area is 103 Å². The van der Waals surface area contributed by atoms with Gasteiger partial charge in [0.2, 0.25) is 5.91 Å². The second-order valence-corrected chi connectivity index (χ2v) is 4.11. The van der Waals surface area contributed by atoms with Gasteiger partial charge < -0.3 is 10.6 Å². The van der Waals surface area contributed by atoms with Gasteiger partial charge in [-0.25, -0.2) is 0 Å². The third-order valence-electron chi connectivity index (χ3n) is 2.61. The van der Waals surface area contributed by atoms with E-state index < -0.39 is 0 Å². The monoisotopic (exact) mass is 235 g/mol. The van der Waals surface area contributed by atoms with Gasteiger partial charge in [-0.3, -0.25) is 9.78 Å². The molecule has 1 rings (SSSR count). The lowest BCUT2D eigenvalue weighted by Crippen LogP contribution is -2.36. The fraction of sp³-hybridized carbons (Fsp3) is 0.538. The van der Waals surface area contributed by atoms with Crippen molar-refractivity contribution in [1.29, 1.82) is 0 Å². The molecule has 1 aromatic rings. The molecule has 1 aromatic heterocycles. The predicted octanol–water partition coefficient (Wildman–Crippen LogP) is 0.986. The summed E-state index contributed by atoms with van der Waals surface area (Å²) in [5.41, 5.74) is 1.19. The number of nitrogens with one attached hydrogen (secondary N) is 2. The van der Waals surface area contributed by atoms with Crippen molar-refractivity contribution < 1.29 is 4.79 Å². The maximum atomic E-state index is 11.7. The van der Waals surface area contributed by atoms with Crippen LogP contribution in [0.5, 0.6) is 0 Å². The van der Waals surface area contributed by atoms with Crippen LogP contribution in [0.15, 0.2) is 24.5 Å². The maximum Gasteiger partial charge on any atom is 0.224 e. The highest BCUT2D eigenvalue weighted by Crippen LogP contribution is 1.97. The quantitative estimate of drug-likeness (QED) is 0.741. The fourth-order valence-corrected chi connectivity index (χ4v) is 1.51. The van der Waals surface area contributed by atoms with Gasteiger partial charge in [0, 0.05) is 31.4 Å². The molecule has 0 bridgehead atoms. The lowest BCUT2D eigenvalue weighted by Gasteiger charge is -2.12. The van der Waals surface area contributed by atoms with E-state index in [1.165, 1.54) is 5.56 Å². The van der Waals surface area contributed by atoms with Crippen molar-refractivity contribution in [1.82, 2.24) is 15.6 Å². The molecule has 1 atom stereocenters. The summed E-state index contributed by atoms with van der Waals surface area (Å²) in [4.78, 5) is 15.6. The Balaban J connectivity index is 2.20. The second kappa shape index (κ2) is 7.79. The summed E-state index contributed by atoms with van der Waals surface area (Å²) in [6.45, 7) is 6.28. The van der Waals surface area contributed by atoms with Crippen molar-refractivity contribution in [2.75, 3.05) is 19.6 Å². The van der Waals surface area contributed by atoms with Gasteiger partial charge in [0.15, 0.2) is 0 Å². The van der Waals surface area contributed by atoms with Crippen molar-refractivity contribution in [2.24, 2.45) is 5.92 Å². The first kappa shape index (κ1) is 13.6. The SMILES string of the molecule is CCNCC(C)C(=O)NCCc1ccncc1. The summed E-state index contributed by atoms with van der Waals surface area (Å²) in [7, 11) is 0. The number of rotatable bonds is 7. The summed E-state index contributed by atoms with van der Waals surface area (Å²) in [5.74, 6) is 0.132. The van der Waals surface area contributed by atoms with Gasteiger partial charge in [0.25, 0.3) is 0 Å². The van der Waals surface area contributed by atoms with Crippen LogP contribution in [-0.4, -0.2) is 30.5 Å². The molecule has 17 heavy (non-hydrogen) atoms. The molecule has 2 N–H and O–H groups in total. The molecule has 0 fully saturated rings. The van der Waals surface area contributed by atoms with Crippen molar-refractivity contribution in [3.05, 3.63) is 30.1 Å². The molecular formula is C13H21N3O. The van der Waals surface area contributed by atoms with Gasteiger partial charge in [0.1, 0.15) is 0 Å². The molecule has 0 aliphatic rings. The zero-order valence-electron chi connectivity index (χ0n) is 10.6. The van der Waals surface area contributed by atoms with E-state index in [2.05, 4.69) is 15.6 Å². The highest BCUT2D eigenvalue weighted by Gasteiger charge is 2.10. The molecule has 0 aliphatic carbocycles. The lowest BCUT2D eigenvalue weighted by atomic mass is 10.1. The normalized spacial score (nSPS) is 12.1. The zero-order chi connectivity index (χ0) is 12.5.